The first-order valence-corrected chi connectivity index (χ1v) is 10.3. The fraction of sp³-hybridized carbons (Fsp3) is 0.217. The lowest BCUT2D eigenvalue weighted by Gasteiger charge is -2.13. The van der Waals surface area contributed by atoms with Crippen LogP contribution >= 0.6 is 11.3 Å². The molecule has 31 heavy (non-hydrogen) atoms. The number of carbonyl (C=O) groups is 1. The number of ether oxygens (including phenoxy) is 4. The summed E-state index contributed by atoms with van der Waals surface area (Å²) >= 11 is 1.33. The summed E-state index contributed by atoms with van der Waals surface area (Å²) in [6.07, 6.45) is 3.73. The molecule has 3 aromatic rings. The molecule has 1 amide bonds. The van der Waals surface area contributed by atoms with Crippen molar-refractivity contribution in [3.05, 3.63) is 52.9 Å². The fourth-order valence-electron chi connectivity index (χ4n) is 3.06. The molecule has 0 saturated carbocycles. The van der Waals surface area contributed by atoms with Crippen LogP contribution in [0.1, 0.15) is 22.8 Å². The van der Waals surface area contributed by atoms with Gasteiger partial charge in [0.05, 0.1) is 34.1 Å². The molecule has 7 nitrogen and oxygen atoms in total. The lowest BCUT2D eigenvalue weighted by atomic mass is 10.1. The smallest absolute Gasteiger partial charge is 0.257 e. The van der Waals surface area contributed by atoms with E-state index in [0.29, 0.717) is 39.4 Å². The van der Waals surface area contributed by atoms with Crippen LogP contribution in [0.3, 0.4) is 0 Å². The summed E-state index contributed by atoms with van der Waals surface area (Å²) in [5.41, 5.74) is 2.69. The van der Waals surface area contributed by atoms with Crippen molar-refractivity contribution in [2.75, 3.05) is 33.8 Å². The van der Waals surface area contributed by atoms with Gasteiger partial charge >= 0.3 is 0 Å². The van der Waals surface area contributed by atoms with Crippen LogP contribution in [0.5, 0.6) is 23.0 Å². The molecule has 0 atom stereocenters. The minimum Gasteiger partial charge on any atom is -0.497 e. The standard InChI is InChI=1S/C23H24N2O5S/c1-6-7-14-10-15(11-20(29-4)21(14)30-5)22(26)25-23-24-18(13-31-23)17-9-8-16(27-2)12-19(17)28-3/h6-13H,1-5H3,(H,24,25,26)/b7-6+. The first-order valence-electron chi connectivity index (χ1n) is 9.42. The largest absolute Gasteiger partial charge is 0.497 e. The lowest BCUT2D eigenvalue weighted by Crippen LogP contribution is -2.12. The molecule has 1 N–H and O–H groups in total. The zero-order valence-corrected chi connectivity index (χ0v) is 18.8. The number of nitrogens with one attached hydrogen (secondary N) is 1. The van der Waals surface area contributed by atoms with Crippen LogP contribution in [0, 0.1) is 0 Å². The number of methoxy groups -OCH3 is 4. The third kappa shape index (κ3) is 4.80. The quantitative estimate of drug-likeness (QED) is 0.523. The lowest BCUT2D eigenvalue weighted by molar-refractivity contribution is 0.102. The summed E-state index contributed by atoms with van der Waals surface area (Å²) in [5.74, 6) is 2.08. The van der Waals surface area contributed by atoms with E-state index >= 15 is 0 Å². The van der Waals surface area contributed by atoms with Crippen LogP contribution in [0.25, 0.3) is 17.3 Å². The second kappa shape index (κ2) is 9.99. The topological polar surface area (TPSA) is 78.9 Å². The third-order valence-electron chi connectivity index (χ3n) is 4.53. The zero-order valence-electron chi connectivity index (χ0n) is 18.0. The molecule has 0 fully saturated rings. The van der Waals surface area contributed by atoms with Gasteiger partial charge in [0.25, 0.3) is 5.91 Å². The van der Waals surface area contributed by atoms with Gasteiger partial charge in [-0.3, -0.25) is 10.1 Å². The van der Waals surface area contributed by atoms with Gasteiger partial charge in [-0.05, 0) is 31.2 Å². The highest BCUT2D eigenvalue weighted by atomic mass is 32.1. The van der Waals surface area contributed by atoms with Crippen molar-refractivity contribution < 1.29 is 23.7 Å². The molecule has 0 radical (unpaired) electrons. The minimum atomic E-state index is -0.297. The Hall–Kier alpha value is -3.52. The van der Waals surface area contributed by atoms with E-state index in [1.165, 1.54) is 18.4 Å². The molecule has 2 aromatic carbocycles. The summed E-state index contributed by atoms with van der Waals surface area (Å²) in [5, 5.41) is 5.18. The van der Waals surface area contributed by atoms with Crippen LogP contribution in [0.4, 0.5) is 5.13 Å². The second-order valence-corrected chi connectivity index (χ2v) is 7.22. The Morgan fingerprint density at radius 3 is 2.42 bits per heavy atom. The fourth-order valence-corrected chi connectivity index (χ4v) is 3.77. The molecule has 1 aromatic heterocycles. The molecule has 0 aliphatic rings. The van der Waals surface area contributed by atoms with E-state index in [9.17, 15) is 4.79 Å². The maximum atomic E-state index is 12.9. The summed E-state index contributed by atoms with van der Waals surface area (Å²) in [6, 6.07) is 8.89. The number of hydrogen-bond acceptors (Lipinski definition) is 7. The van der Waals surface area contributed by atoms with Crippen LogP contribution in [-0.2, 0) is 0 Å². The number of thiazole rings is 1. The number of hydrogen-bond donors (Lipinski definition) is 1. The average Bonchev–Trinajstić information content (AvgIpc) is 3.26. The number of allylic oxidation sites excluding steroid dienone is 1. The molecule has 0 aliphatic carbocycles. The Morgan fingerprint density at radius 2 is 1.77 bits per heavy atom. The number of nitrogens with zero attached hydrogens (tertiary/aromatic N) is 1. The Morgan fingerprint density at radius 1 is 1.00 bits per heavy atom. The van der Waals surface area contributed by atoms with E-state index in [1.54, 1.807) is 39.5 Å². The summed E-state index contributed by atoms with van der Waals surface area (Å²) in [6.45, 7) is 1.89. The number of anilines is 1. The molecule has 162 valence electrons. The van der Waals surface area contributed by atoms with Gasteiger partial charge in [-0.2, -0.15) is 0 Å². The molecule has 0 bridgehead atoms. The molecule has 1 heterocycles. The number of carbonyl (C=O) groups excluding carboxylic acids is 1. The van der Waals surface area contributed by atoms with Crippen molar-refractivity contribution in [1.29, 1.82) is 0 Å². The number of benzene rings is 2. The van der Waals surface area contributed by atoms with Gasteiger partial charge in [0.2, 0.25) is 0 Å². The van der Waals surface area contributed by atoms with Crippen molar-refractivity contribution >= 4 is 28.5 Å². The molecule has 0 saturated heterocycles. The molecule has 8 heteroatoms. The zero-order chi connectivity index (χ0) is 22.4. The van der Waals surface area contributed by atoms with E-state index < -0.39 is 0 Å². The number of amides is 1. The monoisotopic (exact) mass is 440 g/mol. The van der Waals surface area contributed by atoms with Gasteiger partial charge in [-0.15, -0.1) is 11.3 Å². The minimum absolute atomic E-state index is 0.297. The van der Waals surface area contributed by atoms with Crippen molar-refractivity contribution in [3.8, 4) is 34.3 Å². The van der Waals surface area contributed by atoms with E-state index in [0.717, 1.165) is 11.1 Å². The van der Waals surface area contributed by atoms with E-state index in [4.69, 9.17) is 18.9 Å². The Bertz CT molecular complexity index is 1110. The van der Waals surface area contributed by atoms with Crippen LogP contribution in [-0.4, -0.2) is 39.3 Å². The second-order valence-electron chi connectivity index (χ2n) is 6.36. The summed E-state index contributed by atoms with van der Waals surface area (Å²) in [4.78, 5) is 17.4. The molecule has 3 rings (SSSR count). The van der Waals surface area contributed by atoms with Crippen LogP contribution < -0.4 is 24.3 Å². The molecule has 0 aliphatic heterocycles. The SMILES string of the molecule is C/C=C/c1cc(C(=O)Nc2nc(-c3ccc(OC)cc3OC)cs2)cc(OC)c1OC. The van der Waals surface area contributed by atoms with Gasteiger partial charge in [0.15, 0.2) is 16.6 Å². The van der Waals surface area contributed by atoms with Crippen molar-refractivity contribution in [3.63, 3.8) is 0 Å². The van der Waals surface area contributed by atoms with Crippen LogP contribution in [0.15, 0.2) is 41.8 Å². The first kappa shape index (κ1) is 22.2. The highest BCUT2D eigenvalue weighted by molar-refractivity contribution is 7.14. The van der Waals surface area contributed by atoms with Crippen molar-refractivity contribution in [2.24, 2.45) is 0 Å². The third-order valence-corrected chi connectivity index (χ3v) is 5.28. The number of rotatable bonds is 8. The number of aromatic nitrogens is 1. The summed E-state index contributed by atoms with van der Waals surface area (Å²) < 4.78 is 21.5. The Labute approximate surface area is 185 Å². The highest BCUT2D eigenvalue weighted by Gasteiger charge is 2.17. The van der Waals surface area contributed by atoms with Gasteiger partial charge < -0.3 is 18.9 Å². The Balaban J connectivity index is 1.87. The van der Waals surface area contributed by atoms with Gasteiger partial charge in [0.1, 0.15) is 11.5 Å². The van der Waals surface area contributed by atoms with Gasteiger partial charge in [-0.1, -0.05) is 12.2 Å². The first-order chi connectivity index (χ1) is 15.0. The molecular formula is C23H24N2O5S. The van der Waals surface area contributed by atoms with Gasteiger partial charge in [0, 0.05) is 28.1 Å². The molecule has 0 spiro atoms. The maximum Gasteiger partial charge on any atom is 0.257 e. The molecule has 0 unspecified atom stereocenters. The maximum absolute atomic E-state index is 12.9. The van der Waals surface area contributed by atoms with E-state index in [2.05, 4.69) is 10.3 Å². The van der Waals surface area contributed by atoms with E-state index in [1.807, 2.05) is 36.6 Å². The molecular weight excluding hydrogens is 416 g/mol. The van der Waals surface area contributed by atoms with E-state index in [-0.39, 0.29) is 5.91 Å². The van der Waals surface area contributed by atoms with Crippen LogP contribution in [0.2, 0.25) is 0 Å². The predicted octanol–water partition coefficient (Wildman–Crippen LogP) is 5.13. The van der Waals surface area contributed by atoms with Crippen molar-refractivity contribution in [2.45, 2.75) is 6.92 Å². The summed E-state index contributed by atoms with van der Waals surface area (Å²) in [7, 11) is 6.29. The highest BCUT2D eigenvalue weighted by Crippen LogP contribution is 2.36. The van der Waals surface area contributed by atoms with Gasteiger partial charge in [-0.25, -0.2) is 4.98 Å². The normalized spacial score (nSPS) is 10.7. The van der Waals surface area contributed by atoms with Crippen molar-refractivity contribution in [1.82, 2.24) is 4.98 Å². The Kier molecular flexibility index (Phi) is 7.15. The predicted molar refractivity (Wildman–Crippen MR) is 123 cm³/mol. The average molecular weight is 441 g/mol.